The summed E-state index contributed by atoms with van der Waals surface area (Å²) in [5, 5.41) is 11.5. The summed E-state index contributed by atoms with van der Waals surface area (Å²) in [5.41, 5.74) is 6.18. The summed E-state index contributed by atoms with van der Waals surface area (Å²) in [6.07, 6.45) is 0. The molecule has 1 amide bonds. The van der Waals surface area contributed by atoms with Crippen LogP contribution in [0, 0.1) is 11.6 Å². The predicted molar refractivity (Wildman–Crippen MR) is 74.3 cm³/mol. The largest absolute Gasteiger partial charge is 0.396 e. The van der Waals surface area contributed by atoms with Gasteiger partial charge in [-0.05, 0) is 17.2 Å². The first kappa shape index (κ1) is 14.9. The Kier molecular flexibility index (Phi) is 4.49. The van der Waals surface area contributed by atoms with Crippen molar-refractivity contribution in [3.63, 3.8) is 0 Å². The Balaban J connectivity index is 2.10. The summed E-state index contributed by atoms with van der Waals surface area (Å²) < 4.78 is 26.6. The Bertz CT molecular complexity index is 675. The molecule has 4 N–H and O–H groups in total. The lowest BCUT2D eigenvalue weighted by Crippen LogP contribution is -2.24. The van der Waals surface area contributed by atoms with Crippen LogP contribution >= 0.6 is 0 Å². The van der Waals surface area contributed by atoms with E-state index in [1.807, 2.05) is 0 Å². The molecule has 0 heterocycles. The summed E-state index contributed by atoms with van der Waals surface area (Å²) in [5.74, 6) is -2.56. The van der Waals surface area contributed by atoms with Gasteiger partial charge in [0, 0.05) is 12.6 Å². The topological polar surface area (TPSA) is 75.4 Å². The molecule has 0 saturated carbocycles. The highest BCUT2D eigenvalue weighted by Crippen LogP contribution is 2.16. The smallest absolute Gasteiger partial charge is 0.254 e. The maximum atomic E-state index is 13.5. The number of halogens is 2. The first-order chi connectivity index (χ1) is 10.0. The number of anilines is 1. The molecule has 0 spiro atoms. The molecule has 2 aromatic rings. The van der Waals surface area contributed by atoms with Gasteiger partial charge in [-0.1, -0.05) is 24.3 Å². The van der Waals surface area contributed by atoms with Gasteiger partial charge in [0.15, 0.2) is 0 Å². The highest BCUT2D eigenvalue weighted by molar-refractivity contribution is 5.95. The molecule has 2 rings (SSSR count). The molecule has 4 nitrogen and oxygen atoms in total. The summed E-state index contributed by atoms with van der Waals surface area (Å²) >= 11 is 0. The van der Waals surface area contributed by atoms with E-state index in [-0.39, 0.29) is 24.4 Å². The number of benzene rings is 2. The van der Waals surface area contributed by atoms with Crippen LogP contribution in [0.15, 0.2) is 36.4 Å². The summed E-state index contributed by atoms with van der Waals surface area (Å²) in [6.45, 7) is 0.0499. The van der Waals surface area contributed by atoms with Crippen molar-refractivity contribution in [2.45, 2.75) is 13.2 Å². The van der Waals surface area contributed by atoms with Crippen molar-refractivity contribution >= 4 is 11.6 Å². The molecule has 0 atom stereocenters. The second-order valence-corrected chi connectivity index (χ2v) is 4.51. The average molecular weight is 292 g/mol. The number of hydrogen-bond donors (Lipinski definition) is 3. The molecule has 0 aliphatic heterocycles. The van der Waals surface area contributed by atoms with E-state index < -0.39 is 17.5 Å². The molecule has 0 fully saturated rings. The molecule has 6 heteroatoms. The van der Waals surface area contributed by atoms with Crippen LogP contribution in [0.3, 0.4) is 0 Å². The van der Waals surface area contributed by atoms with Crippen LogP contribution in [0.2, 0.25) is 0 Å². The minimum atomic E-state index is -0.969. The normalized spacial score (nSPS) is 10.4. The second-order valence-electron chi connectivity index (χ2n) is 4.51. The molecule has 0 bridgehead atoms. The quantitative estimate of drug-likeness (QED) is 0.754. The van der Waals surface area contributed by atoms with Crippen molar-refractivity contribution in [3.8, 4) is 0 Å². The first-order valence-corrected chi connectivity index (χ1v) is 6.22. The molecule has 0 aliphatic rings. The van der Waals surface area contributed by atoms with Gasteiger partial charge in [0.1, 0.15) is 11.6 Å². The Morgan fingerprint density at radius 1 is 1.14 bits per heavy atom. The lowest BCUT2D eigenvalue weighted by Gasteiger charge is -2.08. The number of nitrogens with one attached hydrogen (secondary N) is 1. The maximum absolute atomic E-state index is 13.5. The highest BCUT2D eigenvalue weighted by atomic mass is 19.1. The van der Waals surface area contributed by atoms with Crippen LogP contribution in [-0.4, -0.2) is 11.0 Å². The number of carbonyl (C=O) groups is 1. The van der Waals surface area contributed by atoms with Gasteiger partial charge in [0.25, 0.3) is 5.91 Å². The molecule has 0 aliphatic carbocycles. The van der Waals surface area contributed by atoms with Crippen LogP contribution in [0.5, 0.6) is 0 Å². The minimum absolute atomic E-state index is 0.106. The van der Waals surface area contributed by atoms with Gasteiger partial charge in [-0.25, -0.2) is 8.78 Å². The number of nitrogen functional groups attached to an aromatic ring is 1. The van der Waals surface area contributed by atoms with Crippen molar-refractivity contribution in [3.05, 3.63) is 64.7 Å². The number of rotatable bonds is 4. The monoisotopic (exact) mass is 292 g/mol. The number of hydrogen-bond acceptors (Lipinski definition) is 3. The fraction of sp³-hybridized carbons (Fsp3) is 0.133. The number of amides is 1. The van der Waals surface area contributed by atoms with Crippen LogP contribution in [0.1, 0.15) is 21.5 Å². The van der Waals surface area contributed by atoms with Crippen molar-refractivity contribution in [1.29, 1.82) is 0 Å². The van der Waals surface area contributed by atoms with E-state index in [4.69, 9.17) is 10.8 Å². The number of carbonyl (C=O) groups excluding carboxylic acids is 1. The zero-order valence-corrected chi connectivity index (χ0v) is 11.1. The third kappa shape index (κ3) is 3.55. The fourth-order valence-corrected chi connectivity index (χ4v) is 1.86. The van der Waals surface area contributed by atoms with Crippen molar-refractivity contribution in [2.24, 2.45) is 0 Å². The van der Waals surface area contributed by atoms with Crippen molar-refractivity contribution in [2.75, 3.05) is 5.73 Å². The van der Waals surface area contributed by atoms with Gasteiger partial charge in [0.05, 0.1) is 17.9 Å². The Hall–Kier alpha value is -2.47. The zero-order valence-electron chi connectivity index (χ0n) is 11.1. The van der Waals surface area contributed by atoms with E-state index in [0.29, 0.717) is 11.6 Å². The molecule has 0 unspecified atom stereocenters. The Labute approximate surface area is 120 Å². The van der Waals surface area contributed by atoms with E-state index in [1.54, 1.807) is 24.3 Å². The minimum Gasteiger partial charge on any atom is -0.396 e. The molecule has 0 saturated heterocycles. The standard InChI is InChI=1S/C15H14F2N2O2/c16-12-6-13(17)14(18)5-11(12)15(21)19-7-9-2-1-3-10(4-9)8-20/h1-6,20H,7-8,18H2,(H,19,21). The van der Waals surface area contributed by atoms with E-state index >= 15 is 0 Å². The Morgan fingerprint density at radius 2 is 1.86 bits per heavy atom. The van der Waals surface area contributed by atoms with E-state index in [1.165, 1.54) is 0 Å². The number of aliphatic hydroxyl groups is 1. The maximum Gasteiger partial charge on any atom is 0.254 e. The third-order valence-electron chi connectivity index (χ3n) is 2.96. The van der Waals surface area contributed by atoms with E-state index in [9.17, 15) is 13.6 Å². The van der Waals surface area contributed by atoms with Crippen molar-refractivity contribution in [1.82, 2.24) is 5.32 Å². The predicted octanol–water partition coefficient (Wildman–Crippen LogP) is 1.97. The third-order valence-corrected chi connectivity index (χ3v) is 2.96. The zero-order chi connectivity index (χ0) is 15.4. The second kappa shape index (κ2) is 6.32. The first-order valence-electron chi connectivity index (χ1n) is 6.22. The summed E-state index contributed by atoms with van der Waals surface area (Å²) in [4.78, 5) is 11.9. The lowest BCUT2D eigenvalue weighted by atomic mass is 10.1. The average Bonchev–Trinajstić information content (AvgIpc) is 2.48. The van der Waals surface area contributed by atoms with Crippen LogP contribution in [0.25, 0.3) is 0 Å². The molecule has 0 radical (unpaired) electrons. The van der Waals surface area contributed by atoms with E-state index in [0.717, 1.165) is 11.6 Å². The number of nitrogens with two attached hydrogens (primary N) is 1. The van der Waals surface area contributed by atoms with Gasteiger partial charge >= 0.3 is 0 Å². The Morgan fingerprint density at radius 3 is 2.57 bits per heavy atom. The van der Waals surface area contributed by atoms with Crippen molar-refractivity contribution < 1.29 is 18.7 Å². The van der Waals surface area contributed by atoms with Gasteiger partial charge in [-0.15, -0.1) is 0 Å². The van der Waals surface area contributed by atoms with Gasteiger partial charge in [0.2, 0.25) is 0 Å². The molecule has 110 valence electrons. The lowest BCUT2D eigenvalue weighted by molar-refractivity contribution is 0.0947. The highest BCUT2D eigenvalue weighted by Gasteiger charge is 2.14. The molecule has 21 heavy (non-hydrogen) atoms. The molecular weight excluding hydrogens is 278 g/mol. The van der Waals surface area contributed by atoms with E-state index in [2.05, 4.69) is 5.32 Å². The van der Waals surface area contributed by atoms with Gasteiger partial charge in [-0.3, -0.25) is 4.79 Å². The molecular formula is C15H14F2N2O2. The van der Waals surface area contributed by atoms with Gasteiger partial charge in [-0.2, -0.15) is 0 Å². The SMILES string of the molecule is Nc1cc(C(=O)NCc2cccc(CO)c2)c(F)cc1F. The molecule has 0 aromatic heterocycles. The molecule has 2 aromatic carbocycles. The number of aliphatic hydroxyl groups excluding tert-OH is 1. The van der Waals surface area contributed by atoms with Gasteiger partial charge < -0.3 is 16.2 Å². The van der Waals surface area contributed by atoms with Crippen LogP contribution in [-0.2, 0) is 13.2 Å². The van der Waals surface area contributed by atoms with Crippen LogP contribution in [0.4, 0.5) is 14.5 Å². The fourth-order valence-electron chi connectivity index (χ4n) is 1.86. The van der Waals surface area contributed by atoms with Crippen LogP contribution < -0.4 is 11.1 Å². The summed E-state index contributed by atoms with van der Waals surface area (Å²) in [6, 6.07) is 8.50. The summed E-state index contributed by atoms with van der Waals surface area (Å²) in [7, 11) is 0.